The fraction of sp³-hybridized carbons (Fsp3) is 0.739. The van der Waals surface area contributed by atoms with Crippen LogP contribution in [-0.2, 0) is 0 Å². The fourth-order valence-electron chi connectivity index (χ4n) is 2.05. The van der Waals surface area contributed by atoms with Crippen LogP contribution < -0.4 is 0 Å². The molecule has 0 radical (unpaired) electrons. The molecule has 0 bridgehead atoms. The quantitative estimate of drug-likeness (QED) is 0.473. The van der Waals surface area contributed by atoms with Gasteiger partial charge in [0.05, 0.1) is 0 Å². The minimum Gasteiger partial charge on any atom is -0.508 e. The van der Waals surface area contributed by atoms with E-state index in [0.717, 1.165) is 6.42 Å². The summed E-state index contributed by atoms with van der Waals surface area (Å²) < 4.78 is 0. The van der Waals surface area contributed by atoms with Crippen LogP contribution in [0.3, 0.4) is 0 Å². The summed E-state index contributed by atoms with van der Waals surface area (Å²) in [6.07, 6.45) is 7.50. The van der Waals surface area contributed by atoms with E-state index in [0.29, 0.717) is 24.2 Å². The maximum Gasteiger partial charge on any atom is 0.115 e. The van der Waals surface area contributed by atoms with Crippen molar-refractivity contribution < 1.29 is 10.2 Å². The zero-order chi connectivity index (χ0) is 20.1. The van der Waals surface area contributed by atoms with Gasteiger partial charge in [0, 0.05) is 6.61 Å². The first-order valence-corrected chi connectivity index (χ1v) is 10.4. The van der Waals surface area contributed by atoms with Crippen molar-refractivity contribution in [3.8, 4) is 5.75 Å². The van der Waals surface area contributed by atoms with E-state index in [9.17, 15) is 0 Å². The first-order chi connectivity index (χ1) is 12.0. The Balaban J connectivity index is -0.000000332. The second-order valence-electron chi connectivity index (χ2n) is 6.12. The maximum absolute atomic E-state index is 9.08. The third kappa shape index (κ3) is 19.2. The number of unbranched alkanes of at least 4 members (excludes halogenated alkanes) is 5. The molecule has 0 heterocycles. The third-order valence-corrected chi connectivity index (χ3v) is 3.93. The van der Waals surface area contributed by atoms with Gasteiger partial charge < -0.3 is 10.2 Å². The van der Waals surface area contributed by atoms with Crippen LogP contribution in [0, 0.1) is 5.92 Å². The van der Waals surface area contributed by atoms with E-state index >= 15 is 0 Å². The number of phenolic OH excluding ortho intramolecular Hbond substituents is 1. The highest BCUT2D eigenvalue weighted by Crippen LogP contribution is 2.24. The lowest BCUT2D eigenvalue weighted by atomic mass is 9.90. The molecular weight excluding hydrogens is 308 g/mol. The molecule has 1 unspecified atom stereocenters. The third-order valence-electron chi connectivity index (χ3n) is 3.93. The average molecular weight is 355 g/mol. The highest BCUT2D eigenvalue weighted by Gasteiger charge is 2.08. The molecule has 1 rings (SSSR count). The molecule has 0 aliphatic carbocycles. The SMILES string of the molecule is CC.CC.CC(C)C(C)c1ccc(O)cc1.CCCCCCCCO. The number of phenols is 1. The van der Waals surface area contributed by atoms with Crippen molar-refractivity contribution in [2.45, 2.75) is 99.8 Å². The highest BCUT2D eigenvalue weighted by molar-refractivity contribution is 5.28. The van der Waals surface area contributed by atoms with Gasteiger partial charge in [-0.05, 0) is 36.0 Å². The second kappa shape index (κ2) is 23.0. The van der Waals surface area contributed by atoms with Gasteiger partial charge in [-0.25, -0.2) is 0 Å². The summed E-state index contributed by atoms with van der Waals surface area (Å²) >= 11 is 0. The van der Waals surface area contributed by atoms with E-state index in [1.165, 1.54) is 37.7 Å². The molecule has 1 atom stereocenters. The molecule has 2 nitrogen and oxygen atoms in total. The molecule has 150 valence electrons. The van der Waals surface area contributed by atoms with Crippen molar-refractivity contribution >= 4 is 0 Å². The standard InChI is InChI=1S/C11H16O.C8H18O.2C2H6/c1-8(2)9(3)10-4-6-11(12)7-5-10;1-2-3-4-5-6-7-8-9;2*1-2/h4-9,12H,1-3H3;9H,2-8H2,1H3;2*1-2H3. The molecule has 2 heteroatoms. The summed E-state index contributed by atoms with van der Waals surface area (Å²) in [6, 6.07) is 7.46. The summed E-state index contributed by atoms with van der Waals surface area (Å²) in [4.78, 5) is 0. The monoisotopic (exact) mass is 354 g/mol. The van der Waals surface area contributed by atoms with Gasteiger partial charge in [0.2, 0.25) is 0 Å². The van der Waals surface area contributed by atoms with Crippen molar-refractivity contribution in [3.05, 3.63) is 29.8 Å². The van der Waals surface area contributed by atoms with Gasteiger partial charge in [-0.2, -0.15) is 0 Å². The van der Waals surface area contributed by atoms with Gasteiger partial charge in [0.1, 0.15) is 5.75 Å². The maximum atomic E-state index is 9.08. The summed E-state index contributed by atoms with van der Waals surface area (Å²) in [5, 5.41) is 17.5. The highest BCUT2D eigenvalue weighted by atomic mass is 16.3. The van der Waals surface area contributed by atoms with Gasteiger partial charge in [0.25, 0.3) is 0 Å². The van der Waals surface area contributed by atoms with E-state index in [-0.39, 0.29) is 0 Å². The van der Waals surface area contributed by atoms with Crippen LogP contribution in [-0.4, -0.2) is 16.8 Å². The molecular formula is C23H46O2. The predicted molar refractivity (Wildman–Crippen MR) is 115 cm³/mol. The van der Waals surface area contributed by atoms with E-state index in [4.69, 9.17) is 10.2 Å². The molecule has 0 aliphatic heterocycles. The Hall–Kier alpha value is -1.02. The number of aromatic hydroxyl groups is 1. The molecule has 25 heavy (non-hydrogen) atoms. The Morgan fingerprint density at radius 3 is 1.60 bits per heavy atom. The average Bonchev–Trinajstić information content (AvgIpc) is 2.65. The lowest BCUT2D eigenvalue weighted by molar-refractivity contribution is 0.282. The van der Waals surface area contributed by atoms with Gasteiger partial charge in [-0.1, -0.05) is 99.6 Å². The van der Waals surface area contributed by atoms with Crippen LogP contribution in [0.2, 0.25) is 0 Å². The van der Waals surface area contributed by atoms with Gasteiger partial charge in [-0.3, -0.25) is 0 Å². The Kier molecular flexibility index (Phi) is 26.4. The zero-order valence-electron chi connectivity index (χ0n) is 18.3. The Morgan fingerprint density at radius 1 is 0.760 bits per heavy atom. The van der Waals surface area contributed by atoms with Crippen LogP contribution >= 0.6 is 0 Å². The lowest BCUT2D eigenvalue weighted by Crippen LogP contribution is -2.01. The molecule has 0 saturated carbocycles. The molecule has 1 aromatic carbocycles. The molecule has 0 saturated heterocycles. The number of benzene rings is 1. The molecule has 0 aliphatic rings. The van der Waals surface area contributed by atoms with Crippen LogP contribution in [0.15, 0.2) is 24.3 Å². The van der Waals surface area contributed by atoms with Gasteiger partial charge in [0.15, 0.2) is 0 Å². The second-order valence-corrected chi connectivity index (χ2v) is 6.12. The number of aliphatic hydroxyl groups is 1. The van der Waals surface area contributed by atoms with Gasteiger partial charge in [-0.15, -0.1) is 0 Å². The van der Waals surface area contributed by atoms with Crippen LogP contribution in [0.25, 0.3) is 0 Å². The molecule has 0 amide bonds. The van der Waals surface area contributed by atoms with E-state index in [2.05, 4.69) is 27.7 Å². The van der Waals surface area contributed by atoms with Crippen molar-refractivity contribution in [2.75, 3.05) is 6.61 Å². The Bertz CT molecular complexity index is 324. The van der Waals surface area contributed by atoms with Crippen molar-refractivity contribution in [1.29, 1.82) is 0 Å². The first kappa shape index (κ1) is 28.8. The zero-order valence-corrected chi connectivity index (χ0v) is 18.3. The fourth-order valence-corrected chi connectivity index (χ4v) is 2.05. The van der Waals surface area contributed by atoms with Crippen molar-refractivity contribution in [1.82, 2.24) is 0 Å². The Labute approximate surface area is 158 Å². The van der Waals surface area contributed by atoms with Crippen LogP contribution in [0.1, 0.15) is 105 Å². The molecule has 0 fully saturated rings. The first-order valence-electron chi connectivity index (χ1n) is 10.4. The molecule has 1 aromatic rings. The van der Waals surface area contributed by atoms with Crippen LogP contribution in [0.5, 0.6) is 5.75 Å². The summed E-state index contributed by atoms with van der Waals surface area (Å²) in [5.41, 5.74) is 1.29. The summed E-state index contributed by atoms with van der Waals surface area (Å²) in [5.74, 6) is 1.55. The topological polar surface area (TPSA) is 40.5 Å². The minimum atomic E-state index is 0.342. The minimum absolute atomic E-state index is 0.342. The van der Waals surface area contributed by atoms with Gasteiger partial charge >= 0.3 is 0 Å². The number of aliphatic hydroxyl groups excluding tert-OH is 1. The molecule has 0 aromatic heterocycles. The predicted octanol–water partition coefficient (Wildman–Crippen LogP) is 7.54. The summed E-state index contributed by atoms with van der Waals surface area (Å²) in [7, 11) is 0. The van der Waals surface area contributed by atoms with Crippen molar-refractivity contribution in [3.63, 3.8) is 0 Å². The van der Waals surface area contributed by atoms with E-state index < -0.39 is 0 Å². The molecule has 0 spiro atoms. The largest absolute Gasteiger partial charge is 0.508 e. The lowest BCUT2D eigenvalue weighted by Gasteiger charge is -2.15. The molecule has 2 N–H and O–H groups in total. The van der Waals surface area contributed by atoms with E-state index in [1.54, 1.807) is 12.1 Å². The van der Waals surface area contributed by atoms with Crippen molar-refractivity contribution in [2.24, 2.45) is 5.92 Å². The van der Waals surface area contributed by atoms with Crippen LogP contribution in [0.4, 0.5) is 0 Å². The number of hydrogen-bond acceptors (Lipinski definition) is 2. The normalized spacial score (nSPS) is 10.5. The smallest absolute Gasteiger partial charge is 0.115 e. The number of rotatable bonds is 8. The summed E-state index contributed by atoms with van der Waals surface area (Å²) in [6.45, 7) is 17.2. The number of hydrogen-bond donors (Lipinski definition) is 2. The van der Waals surface area contributed by atoms with E-state index in [1.807, 2.05) is 39.8 Å². The Morgan fingerprint density at radius 2 is 1.20 bits per heavy atom.